The van der Waals surface area contributed by atoms with Gasteiger partial charge < -0.3 is 15.4 Å². The van der Waals surface area contributed by atoms with Gasteiger partial charge in [-0.15, -0.1) is 0 Å². The summed E-state index contributed by atoms with van der Waals surface area (Å²) in [7, 11) is 0. The molecule has 1 aromatic carbocycles. The predicted octanol–water partition coefficient (Wildman–Crippen LogP) is 2.21. The van der Waals surface area contributed by atoms with Gasteiger partial charge in [-0.3, -0.25) is 4.79 Å². The molecule has 1 aromatic heterocycles. The maximum absolute atomic E-state index is 12.0. The molecular weight excluding hydrogens is 280 g/mol. The molecule has 1 fully saturated rings. The normalized spacial score (nSPS) is 17.2. The number of anilines is 2. The number of rotatable bonds is 5. The van der Waals surface area contributed by atoms with E-state index < -0.39 is 0 Å². The van der Waals surface area contributed by atoms with Crippen LogP contribution in [0.3, 0.4) is 0 Å². The van der Waals surface area contributed by atoms with Crippen LogP contribution in [0, 0.1) is 0 Å². The molecule has 6 heteroatoms. The smallest absolute Gasteiger partial charge is 0.253 e. The molecular formula is C16H18N4O2. The van der Waals surface area contributed by atoms with E-state index in [0.29, 0.717) is 19.1 Å². The zero-order chi connectivity index (χ0) is 15.2. The minimum Gasteiger partial charge on any atom is -0.368 e. The molecule has 2 N–H and O–H groups in total. The zero-order valence-corrected chi connectivity index (χ0v) is 12.2. The van der Waals surface area contributed by atoms with Crippen molar-refractivity contribution in [1.82, 2.24) is 9.97 Å². The molecule has 0 saturated carbocycles. The van der Waals surface area contributed by atoms with Crippen LogP contribution in [-0.4, -0.2) is 28.6 Å². The molecule has 1 amide bonds. The third kappa shape index (κ3) is 3.79. The first kappa shape index (κ1) is 14.5. The Hall–Kier alpha value is -2.47. The largest absolute Gasteiger partial charge is 0.368 e. The molecule has 1 aliphatic rings. The van der Waals surface area contributed by atoms with Gasteiger partial charge in [0.05, 0.1) is 0 Å². The van der Waals surface area contributed by atoms with E-state index in [1.807, 2.05) is 24.3 Å². The number of carbonyl (C=O) groups excluding carboxylic acids is 1. The summed E-state index contributed by atoms with van der Waals surface area (Å²) in [5, 5.41) is 6.04. The van der Waals surface area contributed by atoms with Gasteiger partial charge in [-0.1, -0.05) is 12.1 Å². The molecule has 2 aromatic rings. The molecule has 1 saturated heterocycles. The first-order chi connectivity index (χ1) is 10.8. The van der Waals surface area contributed by atoms with E-state index in [1.165, 1.54) is 0 Å². The standard InChI is InChI=1S/C16H18N4O2/c21-15(14-6-2-9-22-14)20-13-5-1-4-12(10-13)11-19-16-17-7-3-8-18-16/h1,3-5,7-8,10,14H,2,6,9,11H2,(H,20,21)(H,17,18,19). The molecule has 6 nitrogen and oxygen atoms in total. The second-order valence-corrected chi connectivity index (χ2v) is 5.12. The first-order valence-electron chi connectivity index (χ1n) is 7.33. The van der Waals surface area contributed by atoms with Crippen molar-refractivity contribution < 1.29 is 9.53 Å². The van der Waals surface area contributed by atoms with Gasteiger partial charge in [0.1, 0.15) is 6.10 Å². The van der Waals surface area contributed by atoms with Crippen LogP contribution in [0.1, 0.15) is 18.4 Å². The van der Waals surface area contributed by atoms with Crippen LogP contribution in [0.5, 0.6) is 0 Å². The van der Waals surface area contributed by atoms with Crippen molar-refractivity contribution in [2.45, 2.75) is 25.5 Å². The lowest BCUT2D eigenvalue weighted by Gasteiger charge is -2.11. The summed E-state index contributed by atoms with van der Waals surface area (Å²) in [6.45, 7) is 1.26. The van der Waals surface area contributed by atoms with Gasteiger partial charge >= 0.3 is 0 Å². The van der Waals surface area contributed by atoms with Gasteiger partial charge in [0.15, 0.2) is 0 Å². The Labute approximate surface area is 128 Å². The lowest BCUT2D eigenvalue weighted by atomic mass is 10.2. The second-order valence-electron chi connectivity index (χ2n) is 5.12. The topological polar surface area (TPSA) is 76.1 Å². The number of benzene rings is 1. The van der Waals surface area contributed by atoms with Gasteiger partial charge in [0.25, 0.3) is 5.91 Å². The van der Waals surface area contributed by atoms with Crippen LogP contribution in [0.15, 0.2) is 42.7 Å². The molecule has 1 aliphatic heterocycles. The molecule has 0 bridgehead atoms. The van der Waals surface area contributed by atoms with Crippen molar-refractivity contribution in [3.05, 3.63) is 48.3 Å². The molecule has 22 heavy (non-hydrogen) atoms. The van der Waals surface area contributed by atoms with Crippen molar-refractivity contribution in [2.75, 3.05) is 17.2 Å². The Morgan fingerprint density at radius 2 is 2.14 bits per heavy atom. The summed E-state index contributed by atoms with van der Waals surface area (Å²) in [4.78, 5) is 20.3. The van der Waals surface area contributed by atoms with Crippen LogP contribution in [-0.2, 0) is 16.1 Å². The van der Waals surface area contributed by atoms with E-state index in [4.69, 9.17) is 4.74 Å². The zero-order valence-electron chi connectivity index (χ0n) is 12.2. The van der Waals surface area contributed by atoms with E-state index in [-0.39, 0.29) is 12.0 Å². The highest BCUT2D eigenvalue weighted by Gasteiger charge is 2.23. The Kier molecular flexibility index (Phi) is 4.60. The van der Waals surface area contributed by atoms with Crippen molar-refractivity contribution >= 4 is 17.5 Å². The Morgan fingerprint density at radius 1 is 1.27 bits per heavy atom. The summed E-state index contributed by atoms with van der Waals surface area (Å²) in [6, 6.07) is 9.47. The molecule has 2 heterocycles. The van der Waals surface area contributed by atoms with Crippen LogP contribution in [0.4, 0.5) is 11.6 Å². The minimum atomic E-state index is -0.320. The van der Waals surface area contributed by atoms with Crippen molar-refractivity contribution in [3.8, 4) is 0 Å². The SMILES string of the molecule is O=C(Nc1cccc(CNc2ncccn2)c1)C1CCCO1. The van der Waals surface area contributed by atoms with Gasteiger partial charge in [0.2, 0.25) is 5.95 Å². The molecule has 0 radical (unpaired) electrons. The maximum Gasteiger partial charge on any atom is 0.253 e. The number of hydrogen-bond donors (Lipinski definition) is 2. The van der Waals surface area contributed by atoms with Gasteiger partial charge in [-0.2, -0.15) is 0 Å². The number of amides is 1. The van der Waals surface area contributed by atoms with E-state index in [1.54, 1.807) is 18.5 Å². The number of nitrogens with zero attached hydrogens (tertiary/aromatic N) is 2. The average Bonchev–Trinajstić information content (AvgIpc) is 3.09. The highest BCUT2D eigenvalue weighted by atomic mass is 16.5. The fourth-order valence-corrected chi connectivity index (χ4v) is 2.34. The molecule has 0 aliphatic carbocycles. The van der Waals surface area contributed by atoms with Crippen molar-refractivity contribution in [2.24, 2.45) is 0 Å². The third-order valence-electron chi connectivity index (χ3n) is 3.43. The average molecular weight is 298 g/mol. The van der Waals surface area contributed by atoms with Gasteiger partial charge in [-0.25, -0.2) is 9.97 Å². The monoisotopic (exact) mass is 298 g/mol. The molecule has 1 unspecified atom stereocenters. The maximum atomic E-state index is 12.0. The van der Waals surface area contributed by atoms with Crippen molar-refractivity contribution in [3.63, 3.8) is 0 Å². The molecule has 114 valence electrons. The van der Waals surface area contributed by atoms with E-state index >= 15 is 0 Å². The van der Waals surface area contributed by atoms with Crippen molar-refractivity contribution in [1.29, 1.82) is 0 Å². The fourth-order valence-electron chi connectivity index (χ4n) is 2.34. The third-order valence-corrected chi connectivity index (χ3v) is 3.43. The Bertz CT molecular complexity index is 627. The van der Waals surface area contributed by atoms with Crippen LogP contribution in [0.25, 0.3) is 0 Å². The lowest BCUT2D eigenvalue weighted by Crippen LogP contribution is -2.26. The predicted molar refractivity (Wildman–Crippen MR) is 83.4 cm³/mol. The van der Waals surface area contributed by atoms with E-state index in [2.05, 4.69) is 20.6 Å². The van der Waals surface area contributed by atoms with Gasteiger partial charge in [0, 0.05) is 31.2 Å². The summed E-state index contributed by atoms with van der Waals surface area (Å²) in [5.41, 5.74) is 1.81. The first-order valence-corrected chi connectivity index (χ1v) is 7.33. The summed E-state index contributed by atoms with van der Waals surface area (Å²) >= 11 is 0. The summed E-state index contributed by atoms with van der Waals surface area (Å²) in [5.74, 6) is 0.505. The number of nitrogens with one attached hydrogen (secondary N) is 2. The van der Waals surface area contributed by atoms with Gasteiger partial charge in [-0.05, 0) is 36.6 Å². The molecule has 3 rings (SSSR count). The van der Waals surface area contributed by atoms with E-state index in [0.717, 1.165) is 24.1 Å². The van der Waals surface area contributed by atoms with Crippen LogP contribution in [0.2, 0.25) is 0 Å². The Balaban J connectivity index is 1.58. The molecule has 0 spiro atoms. The minimum absolute atomic E-state index is 0.0750. The highest BCUT2D eigenvalue weighted by molar-refractivity contribution is 5.94. The quantitative estimate of drug-likeness (QED) is 0.885. The summed E-state index contributed by atoms with van der Waals surface area (Å²) < 4.78 is 5.38. The molecule has 1 atom stereocenters. The number of aromatic nitrogens is 2. The highest BCUT2D eigenvalue weighted by Crippen LogP contribution is 2.16. The number of ether oxygens (including phenoxy) is 1. The lowest BCUT2D eigenvalue weighted by molar-refractivity contribution is -0.124. The Morgan fingerprint density at radius 3 is 2.91 bits per heavy atom. The summed E-state index contributed by atoms with van der Waals surface area (Å²) in [6.07, 6.45) is 4.79. The van der Waals surface area contributed by atoms with Crippen LogP contribution < -0.4 is 10.6 Å². The second kappa shape index (κ2) is 7.00. The van der Waals surface area contributed by atoms with E-state index in [9.17, 15) is 4.79 Å². The number of hydrogen-bond acceptors (Lipinski definition) is 5. The fraction of sp³-hybridized carbons (Fsp3) is 0.312. The van der Waals surface area contributed by atoms with Crippen LogP contribution >= 0.6 is 0 Å². The number of carbonyl (C=O) groups is 1.